The highest BCUT2D eigenvalue weighted by molar-refractivity contribution is 5.94. The molecule has 0 bridgehead atoms. The maximum Gasteiger partial charge on any atom is 0.256 e. The average molecular weight is 322 g/mol. The van der Waals surface area contributed by atoms with Crippen molar-refractivity contribution >= 4 is 11.8 Å². The summed E-state index contributed by atoms with van der Waals surface area (Å²) >= 11 is 0. The summed E-state index contributed by atoms with van der Waals surface area (Å²) in [5.74, 6) is -1.39. The normalized spacial score (nSPS) is 18.8. The van der Waals surface area contributed by atoms with Crippen molar-refractivity contribution in [2.45, 2.75) is 25.7 Å². The number of halogens is 2. The molecular weight excluding hydrogens is 302 g/mol. The van der Waals surface area contributed by atoms with Crippen molar-refractivity contribution in [3.8, 4) is 0 Å². The van der Waals surface area contributed by atoms with Crippen LogP contribution < -0.4 is 5.32 Å². The highest BCUT2D eigenvalue weighted by atomic mass is 19.1. The molecule has 1 aliphatic carbocycles. The molecule has 0 aromatic heterocycles. The molecule has 1 heterocycles. The molecule has 1 aromatic rings. The summed E-state index contributed by atoms with van der Waals surface area (Å²) in [5, 5.41) is 2.96. The summed E-state index contributed by atoms with van der Waals surface area (Å²) in [4.78, 5) is 25.9. The Morgan fingerprint density at radius 3 is 2.43 bits per heavy atom. The fourth-order valence-electron chi connectivity index (χ4n) is 2.89. The van der Waals surface area contributed by atoms with E-state index in [0.717, 1.165) is 12.6 Å². The van der Waals surface area contributed by atoms with Crippen LogP contribution in [0.15, 0.2) is 18.2 Å². The van der Waals surface area contributed by atoms with Gasteiger partial charge in [0, 0.05) is 31.6 Å². The number of amides is 2. The first kappa shape index (κ1) is 15.9. The summed E-state index contributed by atoms with van der Waals surface area (Å²) in [5.41, 5.74) is -0.122. The monoisotopic (exact) mass is 322 g/mol. The third-order valence-corrected chi connectivity index (χ3v) is 4.58. The van der Waals surface area contributed by atoms with E-state index in [1.165, 1.54) is 23.8 Å². The first-order valence-corrected chi connectivity index (χ1v) is 8.06. The van der Waals surface area contributed by atoms with Crippen LogP contribution in [-0.4, -0.2) is 36.3 Å². The van der Waals surface area contributed by atoms with Crippen LogP contribution >= 0.6 is 0 Å². The molecule has 1 saturated heterocycles. The minimum absolute atomic E-state index is 0.0527. The van der Waals surface area contributed by atoms with E-state index in [0.29, 0.717) is 37.9 Å². The molecule has 2 fully saturated rings. The van der Waals surface area contributed by atoms with Crippen molar-refractivity contribution in [1.29, 1.82) is 0 Å². The Balaban J connectivity index is 1.53. The van der Waals surface area contributed by atoms with Crippen LogP contribution in [0.25, 0.3) is 0 Å². The molecule has 1 aromatic carbocycles. The Labute approximate surface area is 133 Å². The molecule has 1 saturated carbocycles. The van der Waals surface area contributed by atoms with Gasteiger partial charge in [-0.3, -0.25) is 9.59 Å². The van der Waals surface area contributed by atoms with Gasteiger partial charge in [0.2, 0.25) is 5.91 Å². The Morgan fingerprint density at radius 2 is 1.83 bits per heavy atom. The number of rotatable bonds is 4. The Bertz CT molecular complexity index is 609. The fourth-order valence-corrected chi connectivity index (χ4v) is 2.89. The second-order valence-electron chi connectivity index (χ2n) is 6.38. The lowest BCUT2D eigenvalue weighted by Crippen LogP contribution is -2.43. The molecule has 23 heavy (non-hydrogen) atoms. The number of nitrogens with zero attached hydrogens (tertiary/aromatic N) is 1. The summed E-state index contributed by atoms with van der Waals surface area (Å²) < 4.78 is 26.6. The molecule has 2 amide bonds. The van der Waals surface area contributed by atoms with Crippen molar-refractivity contribution < 1.29 is 18.4 Å². The molecule has 6 heteroatoms. The molecule has 4 nitrogen and oxygen atoms in total. The molecule has 0 unspecified atom stereocenters. The topological polar surface area (TPSA) is 49.4 Å². The first-order valence-electron chi connectivity index (χ1n) is 8.06. The van der Waals surface area contributed by atoms with Gasteiger partial charge in [-0.25, -0.2) is 8.78 Å². The third kappa shape index (κ3) is 3.86. The van der Waals surface area contributed by atoms with Gasteiger partial charge < -0.3 is 10.2 Å². The molecule has 0 radical (unpaired) electrons. The number of hydrogen-bond donors (Lipinski definition) is 1. The Kier molecular flexibility index (Phi) is 4.59. The lowest BCUT2D eigenvalue weighted by molar-refractivity contribution is -0.126. The van der Waals surface area contributed by atoms with Gasteiger partial charge in [0.25, 0.3) is 5.91 Å². The SMILES string of the molecule is O=C(NCC1CC1)C1CCN(C(=O)c2ccc(F)cc2F)CC1. The maximum atomic E-state index is 13.7. The summed E-state index contributed by atoms with van der Waals surface area (Å²) in [6.07, 6.45) is 3.53. The zero-order valence-corrected chi connectivity index (χ0v) is 12.9. The van der Waals surface area contributed by atoms with Crippen LogP contribution in [-0.2, 0) is 4.79 Å². The van der Waals surface area contributed by atoms with E-state index in [4.69, 9.17) is 0 Å². The number of nitrogens with one attached hydrogen (secondary N) is 1. The van der Waals surface area contributed by atoms with Gasteiger partial charge in [0.15, 0.2) is 0 Å². The van der Waals surface area contributed by atoms with Crippen LogP contribution in [0.4, 0.5) is 8.78 Å². The lowest BCUT2D eigenvalue weighted by atomic mass is 9.95. The van der Waals surface area contributed by atoms with E-state index in [-0.39, 0.29) is 17.4 Å². The van der Waals surface area contributed by atoms with Crippen molar-refractivity contribution in [1.82, 2.24) is 10.2 Å². The van der Waals surface area contributed by atoms with Crippen LogP contribution in [0.1, 0.15) is 36.0 Å². The van der Waals surface area contributed by atoms with Crippen LogP contribution in [0, 0.1) is 23.5 Å². The maximum absolute atomic E-state index is 13.7. The van der Waals surface area contributed by atoms with Gasteiger partial charge in [-0.15, -0.1) is 0 Å². The van der Waals surface area contributed by atoms with Crippen molar-refractivity contribution in [2.75, 3.05) is 19.6 Å². The number of likely N-dealkylation sites (tertiary alicyclic amines) is 1. The van der Waals surface area contributed by atoms with E-state index < -0.39 is 17.5 Å². The molecule has 0 spiro atoms. The predicted octanol–water partition coefficient (Wildman–Crippen LogP) is 2.34. The lowest BCUT2D eigenvalue weighted by Gasteiger charge is -2.31. The number of piperidine rings is 1. The second-order valence-corrected chi connectivity index (χ2v) is 6.38. The van der Waals surface area contributed by atoms with Crippen molar-refractivity contribution in [3.05, 3.63) is 35.4 Å². The number of carbonyl (C=O) groups is 2. The average Bonchev–Trinajstić information content (AvgIpc) is 3.36. The van der Waals surface area contributed by atoms with E-state index in [1.807, 2.05) is 0 Å². The standard InChI is InChI=1S/C17H20F2N2O2/c18-13-3-4-14(15(19)9-13)17(23)21-7-5-12(6-8-21)16(22)20-10-11-1-2-11/h3-4,9,11-12H,1-2,5-8,10H2,(H,20,22). The zero-order chi connectivity index (χ0) is 16.4. The minimum atomic E-state index is -0.848. The molecule has 0 atom stereocenters. The number of carbonyl (C=O) groups excluding carboxylic acids is 2. The van der Waals surface area contributed by atoms with Gasteiger partial charge in [0.1, 0.15) is 11.6 Å². The van der Waals surface area contributed by atoms with Gasteiger partial charge in [0.05, 0.1) is 5.56 Å². The Morgan fingerprint density at radius 1 is 1.13 bits per heavy atom. The van der Waals surface area contributed by atoms with Crippen molar-refractivity contribution in [3.63, 3.8) is 0 Å². The van der Waals surface area contributed by atoms with E-state index in [2.05, 4.69) is 5.32 Å². The Hall–Kier alpha value is -1.98. The fraction of sp³-hybridized carbons (Fsp3) is 0.529. The third-order valence-electron chi connectivity index (χ3n) is 4.58. The van der Waals surface area contributed by atoms with Gasteiger partial charge >= 0.3 is 0 Å². The largest absolute Gasteiger partial charge is 0.356 e. The quantitative estimate of drug-likeness (QED) is 0.925. The summed E-state index contributed by atoms with van der Waals surface area (Å²) in [7, 11) is 0. The van der Waals surface area contributed by atoms with Gasteiger partial charge in [-0.1, -0.05) is 0 Å². The molecule has 1 N–H and O–H groups in total. The van der Waals surface area contributed by atoms with Crippen LogP contribution in [0.2, 0.25) is 0 Å². The summed E-state index contributed by atoms with van der Waals surface area (Å²) in [6.45, 7) is 1.58. The highest BCUT2D eigenvalue weighted by Crippen LogP contribution is 2.28. The van der Waals surface area contributed by atoms with Gasteiger partial charge in [-0.2, -0.15) is 0 Å². The van der Waals surface area contributed by atoms with Gasteiger partial charge in [-0.05, 0) is 43.7 Å². The highest BCUT2D eigenvalue weighted by Gasteiger charge is 2.30. The molecule has 1 aliphatic heterocycles. The van der Waals surface area contributed by atoms with Crippen LogP contribution in [0.5, 0.6) is 0 Å². The molecule has 124 valence electrons. The zero-order valence-electron chi connectivity index (χ0n) is 12.9. The number of benzene rings is 1. The van der Waals surface area contributed by atoms with E-state index in [1.54, 1.807) is 0 Å². The predicted molar refractivity (Wildman–Crippen MR) is 80.7 cm³/mol. The second kappa shape index (κ2) is 6.64. The molecule has 3 rings (SSSR count). The molecule has 2 aliphatic rings. The van der Waals surface area contributed by atoms with Crippen LogP contribution in [0.3, 0.4) is 0 Å². The minimum Gasteiger partial charge on any atom is -0.356 e. The number of hydrogen-bond acceptors (Lipinski definition) is 2. The smallest absolute Gasteiger partial charge is 0.256 e. The summed E-state index contributed by atoms with van der Waals surface area (Å²) in [6, 6.07) is 2.96. The first-order chi connectivity index (χ1) is 11.0. The molecular formula is C17H20F2N2O2. The van der Waals surface area contributed by atoms with Crippen molar-refractivity contribution in [2.24, 2.45) is 11.8 Å². The van der Waals surface area contributed by atoms with E-state index in [9.17, 15) is 18.4 Å². The van der Waals surface area contributed by atoms with E-state index >= 15 is 0 Å².